The predicted molar refractivity (Wildman–Crippen MR) is 94.2 cm³/mol. The summed E-state index contributed by atoms with van der Waals surface area (Å²) in [5.74, 6) is -0.955. The van der Waals surface area contributed by atoms with Gasteiger partial charge in [-0.2, -0.15) is 4.52 Å². The molecule has 1 aliphatic rings. The molecule has 0 aliphatic heterocycles. The molecule has 4 rings (SSSR count). The van der Waals surface area contributed by atoms with Crippen molar-refractivity contribution in [3.8, 4) is 5.88 Å². The van der Waals surface area contributed by atoms with Crippen LogP contribution in [-0.4, -0.2) is 41.2 Å². The van der Waals surface area contributed by atoms with Gasteiger partial charge in [-0.1, -0.05) is 20.8 Å². The Kier molecular flexibility index (Phi) is 3.50. The van der Waals surface area contributed by atoms with Crippen molar-refractivity contribution in [3.05, 3.63) is 28.3 Å². The number of rotatable bonds is 3. The predicted octanol–water partition coefficient (Wildman–Crippen LogP) is 1.08. The molecule has 0 saturated heterocycles. The highest BCUT2D eigenvalue weighted by Gasteiger charge is 2.31. The normalized spacial score (nSPS) is 14.9. The zero-order valence-electron chi connectivity index (χ0n) is 14.9. The van der Waals surface area contributed by atoms with E-state index in [1.54, 1.807) is 0 Å². The Labute approximate surface area is 148 Å². The van der Waals surface area contributed by atoms with E-state index in [2.05, 4.69) is 20.4 Å². The van der Waals surface area contributed by atoms with Crippen LogP contribution in [0.4, 0.5) is 0 Å². The molecule has 9 heteroatoms. The molecule has 1 fully saturated rings. The van der Waals surface area contributed by atoms with E-state index in [0.29, 0.717) is 17.7 Å². The molecule has 3 aromatic rings. The summed E-state index contributed by atoms with van der Waals surface area (Å²) in [7, 11) is 0. The summed E-state index contributed by atoms with van der Waals surface area (Å²) < 4.78 is 2.63. The van der Waals surface area contributed by atoms with Gasteiger partial charge in [-0.05, 0) is 18.3 Å². The van der Waals surface area contributed by atoms with Gasteiger partial charge >= 0.3 is 0 Å². The van der Waals surface area contributed by atoms with Gasteiger partial charge in [0.2, 0.25) is 11.5 Å². The number of fused-ring (bicyclic) bond motifs is 3. The van der Waals surface area contributed by atoms with Gasteiger partial charge in [-0.3, -0.25) is 14.2 Å². The largest absolute Gasteiger partial charge is 0.494 e. The van der Waals surface area contributed by atoms with Crippen molar-refractivity contribution in [2.45, 2.75) is 46.2 Å². The molecule has 136 valence electrons. The molecule has 2 N–H and O–H groups in total. The highest BCUT2D eigenvalue weighted by Crippen LogP contribution is 2.27. The van der Waals surface area contributed by atoms with Crippen LogP contribution in [0.5, 0.6) is 5.88 Å². The number of carbonyl (C=O) groups excluding carboxylic acids is 1. The van der Waals surface area contributed by atoms with Crippen LogP contribution in [-0.2, 0) is 6.54 Å². The van der Waals surface area contributed by atoms with Crippen LogP contribution in [0, 0.1) is 5.41 Å². The number of amides is 1. The summed E-state index contributed by atoms with van der Waals surface area (Å²) in [6, 6.07) is 0.0630. The number of hydrogen-bond donors (Lipinski definition) is 2. The van der Waals surface area contributed by atoms with Crippen LogP contribution in [0.15, 0.2) is 17.2 Å². The van der Waals surface area contributed by atoms with E-state index >= 15 is 0 Å². The highest BCUT2D eigenvalue weighted by atomic mass is 16.3. The molecule has 26 heavy (non-hydrogen) atoms. The van der Waals surface area contributed by atoms with E-state index in [-0.39, 0.29) is 28.5 Å². The van der Waals surface area contributed by atoms with Crippen molar-refractivity contribution in [1.82, 2.24) is 29.5 Å². The first kappa shape index (κ1) is 16.5. The van der Waals surface area contributed by atoms with E-state index in [0.717, 1.165) is 17.4 Å². The van der Waals surface area contributed by atoms with Crippen LogP contribution < -0.4 is 10.9 Å². The number of hydrogen-bond acceptors (Lipinski definition) is 6. The first-order chi connectivity index (χ1) is 12.3. The Morgan fingerprint density at radius 2 is 2.00 bits per heavy atom. The molecule has 0 atom stereocenters. The summed E-state index contributed by atoms with van der Waals surface area (Å²) in [5, 5.41) is 17.8. The van der Waals surface area contributed by atoms with Crippen LogP contribution >= 0.6 is 0 Å². The van der Waals surface area contributed by atoms with E-state index < -0.39 is 11.5 Å². The van der Waals surface area contributed by atoms with E-state index in [4.69, 9.17) is 0 Å². The van der Waals surface area contributed by atoms with Gasteiger partial charge in [-0.15, -0.1) is 5.10 Å². The lowest BCUT2D eigenvalue weighted by molar-refractivity contribution is 0.0944. The Morgan fingerprint density at radius 3 is 2.65 bits per heavy atom. The molecular weight excluding hydrogens is 336 g/mol. The minimum atomic E-state index is -0.680. The Bertz CT molecular complexity index is 1090. The number of nitrogens with zero attached hydrogens (tertiary/aromatic N) is 5. The van der Waals surface area contributed by atoms with Crippen molar-refractivity contribution < 1.29 is 9.90 Å². The van der Waals surface area contributed by atoms with Crippen molar-refractivity contribution in [1.29, 1.82) is 0 Å². The van der Waals surface area contributed by atoms with Crippen LogP contribution in [0.25, 0.3) is 16.8 Å². The second-order valence-electron chi connectivity index (χ2n) is 7.86. The second-order valence-corrected chi connectivity index (χ2v) is 7.86. The maximum absolute atomic E-state index is 12.9. The lowest BCUT2D eigenvalue weighted by Gasteiger charge is -2.23. The molecule has 1 aliphatic carbocycles. The molecule has 0 unspecified atom stereocenters. The maximum Gasteiger partial charge on any atom is 0.291 e. The van der Waals surface area contributed by atoms with Gasteiger partial charge in [0.25, 0.3) is 11.5 Å². The fourth-order valence-corrected chi connectivity index (χ4v) is 2.93. The van der Waals surface area contributed by atoms with Gasteiger partial charge in [0, 0.05) is 25.0 Å². The number of aromatic nitrogens is 5. The summed E-state index contributed by atoms with van der Waals surface area (Å²) in [4.78, 5) is 33.8. The number of aromatic hydroxyl groups is 1. The van der Waals surface area contributed by atoms with Crippen molar-refractivity contribution in [3.63, 3.8) is 0 Å². The van der Waals surface area contributed by atoms with Crippen LogP contribution in [0.3, 0.4) is 0 Å². The summed E-state index contributed by atoms with van der Waals surface area (Å²) in [6.07, 6.45) is 4.74. The molecule has 0 bridgehead atoms. The van der Waals surface area contributed by atoms with E-state index in [9.17, 15) is 14.7 Å². The summed E-state index contributed by atoms with van der Waals surface area (Å²) >= 11 is 0. The molecule has 3 heterocycles. The van der Waals surface area contributed by atoms with Gasteiger partial charge in [-0.25, -0.2) is 9.97 Å². The summed E-state index contributed by atoms with van der Waals surface area (Å²) in [5.41, 5.74) is -0.198. The lowest BCUT2D eigenvalue weighted by atomic mass is 9.96. The van der Waals surface area contributed by atoms with Crippen LogP contribution in [0.2, 0.25) is 0 Å². The molecule has 1 amide bonds. The summed E-state index contributed by atoms with van der Waals surface area (Å²) in [6.45, 7) is 6.35. The molecular formula is C17H20N6O3. The first-order valence-electron chi connectivity index (χ1n) is 8.52. The zero-order valence-corrected chi connectivity index (χ0v) is 14.9. The highest BCUT2D eigenvalue weighted by molar-refractivity contribution is 5.97. The third-order valence-electron chi connectivity index (χ3n) is 4.20. The third kappa shape index (κ3) is 2.69. The fraction of sp³-hybridized carbons (Fsp3) is 0.471. The van der Waals surface area contributed by atoms with Gasteiger partial charge < -0.3 is 10.4 Å². The minimum Gasteiger partial charge on any atom is -0.494 e. The van der Waals surface area contributed by atoms with Gasteiger partial charge in [0.1, 0.15) is 0 Å². The Hall–Kier alpha value is -2.97. The van der Waals surface area contributed by atoms with E-state index in [1.165, 1.54) is 17.0 Å². The Morgan fingerprint density at radius 1 is 1.31 bits per heavy atom. The molecule has 9 nitrogen and oxygen atoms in total. The smallest absolute Gasteiger partial charge is 0.291 e. The monoisotopic (exact) mass is 356 g/mol. The average Bonchev–Trinajstić information content (AvgIpc) is 3.27. The fourth-order valence-electron chi connectivity index (χ4n) is 2.93. The van der Waals surface area contributed by atoms with Crippen molar-refractivity contribution in [2.24, 2.45) is 5.41 Å². The van der Waals surface area contributed by atoms with Crippen LogP contribution in [0.1, 0.15) is 44.0 Å². The second kappa shape index (κ2) is 5.52. The lowest BCUT2D eigenvalue weighted by Crippen LogP contribution is -2.35. The topological polar surface area (TPSA) is 114 Å². The third-order valence-corrected chi connectivity index (χ3v) is 4.20. The Balaban J connectivity index is 2.05. The zero-order chi connectivity index (χ0) is 18.6. The van der Waals surface area contributed by atoms with Gasteiger partial charge in [0.15, 0.2) is 16.7 Å². The molecule has 1 saturated carbocycles. The first-order valence-corrected chi connectivity index (χ1v) is 8.52. The van der Waals surface area contributed by atoms with E-state index in [1.807, 2.05) is 20.8 Å². The SMILES string of the molecule is CC(C)(C)Cn1c(O)c(C(=O)NC2CC2)c(=O)n2nc3nccnc3c12. The molecule has 3 aromatic heterocycles. The molecule has 0 aromatic carbocycles. The van der Waals surface area contributed by atoms with Crippen molar-refractivity contribution in [2.75, 3.05) is 0 Å². The number of nitrogens with one attached hydrogen (secondary N) is 1. The number of carbonyl (C=O) groups is 1. The minimum absolute atomic E-state index is 0.0630. The average molecular weight is 356 g/mol. The standard InChI is InChI=1S/C17H20N6O3/c1-17(2,3)8-22-14-11-12(19-7-6-18-11)21-23(14)16(26)10(15(22)25)13(24)20-9-4-5-9/h6-7,9,25H,4-5,8H2,1-3H3,(H,20,24). The van der Waals surface area contributed by atoms with Gasteiger partial charge in [0.05, 0.1) is 0 Å². The molecule has 0 radical (unpaired) electrons. The molecule has 0 spiro atoms. The maximum atomic E-state index is 12.9. The van der Waals surface area contributed by atoms with Crippen molar-refractivity contribution >= 4 is 22.7 Å². The quantitative estimate of drug-likeness (QED) is 0.726.